The minimum atomic E-state index is 0.170. The Balaban J connectivity index is 1.42. The van der Waals surface area contributed by atoms with Crippen LogP contribution in [0.3, 0.4) is 0 Å². The Bertz CT molecular complexity index is 591. The molecule has 1 aliphatic rings. The van der Waals surface area contributed by atoms with Crippen molar-refractivity contribution in [1.29, 1.82) is 0 Å². The molecule has 34 heavy (non-hydrogen) atoms. The molecular formula is C32H56O2. The zero-order valence-corrected chi connectivity index (χ0v) is 23.2. The fraction of sp³-hybridized carbons (Fsp3) is 0.812. The molecule has 3 unspecified atom stereocenters. The van der Waals surface area contributed by atoms with Crippen LogP contribution in [0.4, 0.5) is 0 Å². The molecule has 0 heterocycles. The van der Waals surface area contributed by atoms with E-state index in [4.69, 9.17) is 9.47 Å². The second-order valence-electron chi connectivity index (χ2n) is 12.1. The van der Waals surface area contributed by atoms with Gasteiger partial charge in [0, 0.05) is 6.61 Å². The molecule has 3 atom stereocenters. The lowest BCUT2D eigenvalue weighted by Gasteiger charge is -2.26. The van der Waals surface area contributed by atoms with Gasteiger partial charge in [-0.2, -0.15) is 0 Å². The van der Waals surface area contributed by atoms with Gasteiger partial charge in [-0.15, -0.1) is 0 Å². The van der Waals surface area contributed by atoms with E-state index < -0.39 is 0 Å². The molecule has 0 spiro atoms. The summed E-state index contributed by atoms with van der Waals surface area (Å²) in [5.41, 5.74) is 1.49. The molecule has 0 bridgehead atoms. The molecule has 1 fully saturated rings. The Morgan fingerprint density at radius 3 is 2.00 bits per heavy atom. The third-order valence-corrected chi connectivity index (χ3v) is 7.33. The van der Waals surface area contributed by atoms with Gasteiger partial charge in [0.25, 0.3) is 0 Å². The van der Waals surface area contributed by atoms with Crippen LogP contribution >= 0.6 is 0 Å². The van der Waals surface area contributed by atoms with Crippen molar-refractivity contribution in [3.05, 3.63) is 35.9 Å². The fourth-order valence-corrected chi connectivity index (χ4v) is 5.20. The maximum atomic E-state index is 6.22. The van der Waals surface area contributed by atoms with Crippen LogP contribution < -0.4 is 0 Å². The van der Waals surface area contributed by atoms with E-state index in [9.17, 15) is 0 Å². The van der Waals surface area contributed by atoms with Crippen LogP contribution in [0.15, 0.2) is 30.3 Å². The quantitative estimate of drug-likeness (QED) is 0.166. The maximum absolute atomic E-state index is 6.22. The molecule has 0 aliphatic heterocycles. The van der Waals surface area contributed by atoms with Crippen molar-refractivity contribution < 1.29 is 9.47 Å². The normalized spacial score (nSPS) is 18.8. The van der Waals surface area contributed by atoms with Crippen molar-refractivity contribution in [2.24, 2.45) is 17.3 Å². The van der Waals surface area contributed by atoms with Gasteiger partial charge in [0.1, 0.15) is 0 Å². The smallest absolute Gasteiger partial charge is 0.0818 e. The average Bonchev–Trinajstić information content (AvgIpc) is 3.56. The summed E-state index contributed by atoms with van der Waals surface area (Å²) in [6.45, 7) is 11.4. The van der Waals surface area contributed by atoms with Crippen molar-refractivity contribution in [3.8, 4) is 0 Å². The zero-order valence-electron chi connectivity index (χ0n) is 23.2. The molecule has 1 aliphatic carbocycles. The van der Waals surface area contributed by atoms with Gasteiger partial charge in [-0.05, 0) is 42.1 Å². The first-order valence-electron chi connectivity index (χ1n) is 14.7. The molecule has 2 heteroatoms. The fourth-order valence-electron chi connectivity index (χ4n) is 5.20. The minimum absolute atomic E-state index is 0.170. The maximum Gasteiger partial charge on any atom is 0.0818 e. The number of ether oxygens (including phenoxy) is 2. The molecule has 0 N–H and O–H groups in total. The van der Waals surface area contributed by atoms with Crippen LogP contribution in [-0.2, 0) is 16.1 Å². The highest BCUT2D eigenvalue weighted by Crippen LogP contribution is 2.45. The Labute approximate surface area is 212 Å². The van der Waals surface area contributed by atoms with E-state index in [-0.39, 0.29) is 11.5 Å². The summed E-state index contributed by atoms with van der Waals surface area (Å²) in [6.07, 6.45) is 21.1. The summed E-state index contributed by atoms with van der Waals surface area (Å²) in [4.78, 5) is 0. The van der Waals surface area contributed by atoms with E-state index in [0.29, 0.717) is 13.2 Å². The highest BCUT2D eigenvalue weighted by molar-refractivity contribution is 5.13. The van der Waals surface area contributed by atoms with Gasteiger partial charge < -0.3 is 9.47 Å². The highest BCUT2D eigenvalue weighted by atomic mass is 16.5. The van der Waals surface area contributed by atoms with E-state index in [1.165, 1.54) is 95.5 Å². The third-order valence-electron chi connectivity index (χ3n) is 7.33. The van der Waals surface area contributed by atoms with E-state index in [2.05, 4.69) is 58.0 Å². The Morgan fingerprint density at radius 1 is 0.794 bits per heavy atom. The molecule has 0 radical (unpaired) electrons. The monoisotopic (exact) mass is 472 g/mol. The molecule has 1 saturated carbocycles. The first-order chi connectivity index (χ1) is 16.5. The van der Waals surface area contributed by atoms with Crippen LogP contribution in [-0.4, -0.2) is 19.3 Å². The molecule has 2 nitrogen and oxygen atoms in total. The lowest BCUT2D eigenvalue weighted by atomic mass is 9.89. The van der Waals surface area contributed by atoms with Crippen LogP contribution in [0, 0.1) is 17.3 Å². The third kappa shape index (κ3) is 15.2. The van der Waals surface area contributed by atoms with Gasteiger partial charge in [-0.25, -0.2) is 0 Å². The number of rotatable bonds is 21. The van der Waals surface area contributed by atoms with E-state index in [1.54, 1.807) is 0 Å². The predicted molar refractivity (Wildman–Crippen MR) is 147 cm³/mol. The lowest BCUT2D eigenvalue weighted by Crippen LogP contribution is -2.26. The second kappa shape index (κ2) is 17.6. The first kappa shape index (κ1) is 29.4. The van der Waals surface area contributed by atoms with Crippen molar-refractivity contribution in [1.82, 2.24) is 0 Å². The highest BCUT2D eigenvalue weighted by Gasteiger charge is 2.35. The van der Waals surface area contributed by atoms with E-state index in [1.807, 2.05) is 0 Å². The molecule has 0 amide bonds. The predicted octanol–water partition coefficient (Wildman–Crippen LogP) is 9.75. The summed E-state index contributed by atoms with van der Waals surface area (Å²) in [5, 5.41) is 0. The van der Waals surface area contributed by atoms with Crippen molar-refractivity contribution in [2.75, 3.05) is 13.2 Å². The standard InChI is InChI=1S/C32H56O2/c1-5-6-7-8-9-10-16-21-29-24-30(29)22-17-11-12-18-23-33-27-31(25-32(2,3)4)34-26-28-19-14-13-15-20-28/h13-15,19-20,29-31H,5-12,16-18,21-27H2,1-4H3. The van der Waals surface area contributed by atoms with Crippen molar-refractivity contribution in [3.63, 3.8) is 0 Å². The summed E-state index contributed by atoms with van der Waals surface area (Å²) in [6, 6.07) is 10.5. The summed E-state index contributed by atoms with van der Waals surface area (Å²) >= 11 is 0. The summed E-state index contributed by atoms with van der Waals surface area (Å²) < 4.78 is 12.3. The Morgan fingerprint density at radius 2 is 1.38 bits per heavy atom. The first-order valence-corrected chi connectivity index (χ1v) is 14.7. The van der Waals surface area contributed by atoms with Gasteiger partial charge >= 0.3 is 0 Å². The number of hydrogen-bond donors (Lipinski definition) is 0. The number of benzene rings is 1. The van der Waals surface area contributed by atoms with E-state index in [0.717, 1.165) is 24.9 Å². The molecule has 1 aromatic carbocycles. The van der Waals surface area contributed by atoms with Gasteiger partial charge in [-0.1, -0.05) is 135 Å². The van der Waals surface area contributed by atoms with Gasteiger partial charge in [-0.3, -0.25) is 0 Å². The Kier molecular flexibility index (Phi) is 15.2. The topological polar surface area (TPSA) is 18.5 Å². The van der Waals surface area contributed by atoms with Crippen LogP contribution in [0.5, 0.6) is 0 Å². The molecular weight excluding hydrogens is 416 g/mol. The molecule has 196 valence electrons. The SMILES string of the molecule is CCCCCCCCCC1CC1CCCCCCOCC(CC(C)(C)C)OCc1ccccc1. The van der Waals surface area contributed by atoms with Gasteiger partial charge in [0.15, 0.2) is 0 Å². The van der Waals surface area contributed by atoms with Crippen LogP contribution in [0.25, 0.3) is 0 Å². The van der Waals surface area contributed by atoms with Crippen molar-refractivity contribution in [2.45, 2.75) is 137 Å². The van der Waals surface area contributed by atoms with Crippen LogP contribution in [0.2, 0.25) is 0 Å². The summed E-state index contributed by atoms with van der Waals surface area (Å²) in [5.74, 6) is 2.14. The molecule has 0 aromatic heterocycles. The zero-order chi connectivity index (χ0) is 24.5. The molecule has 2 rings (SSSR count). The Hall–Kier alpha value is -0.860. The molecule has 0 saturated heterocycles. The minimum Gasteiger partial charge on any atom is -0.379 e. The molecule has 1 aromatic rings. The van der Waals surface area contributed by atoms with Crippen LogP contribution in [0.1, 0.15) is 130 Å². The number of hydrogen-bond acceptors (Lipinski definition) is 2. The second-order valence-corrected chi connectivity index (χ2v) is 12.1. The van der Waals surface area contributed by atoms with Crippen molar-refractivity contribution >= 4 is 0 Å². The lowest BCUT2D eigenvalue weighted by molar-refractivity contribution is -0.0430. The van der Waals surface area contributed by atoms with Gasteiger partial charge in [0.2, 0.25) is 0 Å². The van der Waals surface area contributed by atoms with E-state index >= 15 is 0 Å². The number of unbranched alkanes of at least 4 members (excludes halogenated alkanes) is 9. The largest absolute Gasteiger partial charge is 0.379 e. The average molecular weight is 473 g/mol. The van der Waals surface area contributed by atoms with Gasteiger partial charge in [0.05, 0.1) is 19.3 Å². The summed E-state index contributed by atoms with van der Waals surface area (Å²) in [7, 11) is 0.